The van der Waals surface area contributed by atoms with Crippen LogP contribution in [0.4, 0.5) is 4.39 Å². The molecule has 2 aliphatic rings. The van der Waals surface area contributed by atoms with Crippen LogP contribution in [0.15, 0.2) is 48.5 Å². The quantitative estimate of drug-likeness (QED) is 0.720. The third kappa shape index (κ3) is 6.62. The Kier molecular flexibility index (Phi) is 7.71. The molecule has 0 aliphatic carbocycles. The van der Waals surface area contributed by atoms with Gasteiger partial charge in [0, 0.05) is 26.2 Å². The van der Waals surface area contributed by atoms with Gasteiger partial charge in [0.2, 0.25) is 5.91 Å². The van der Waals surface area contributed by atoms with Crippen molar-refractivity contribution in [1.82, 2.24) is 15.1 Å². The predicted octanol–water partition coefficient (Wildman–Crippen LogP) is 4.34. The van der Waals surface area contributed by atoms with Gasteiger partial charge >= 0.3 is 0 Å². The molecule has 166 valence electrons. The zero-order valence-corrected chi connectivity index (χ0v) is 18.4. The second-order valence-electron chi connectivity index (χ2n) is 9.08. The maximum atomic E-state index is 13.1. The van der Waals surface area contributed by atoms with Crippen molar-refractivity contribution < 1.29 is 9.18 Å². The van der Waals surface area contributed by atoms with Crippen LogP contribution in [0, 0.1) is 11.7 Å². The molecule has 5 heteroatoms. The highest BCUT2D eigenvalue weighted by Gasteiger charge is 2.25. The third-order valence-corrected chi connectivity index (χ3v) is 6.51. The van der Waals surface area contributed by atoms with Gasteiger partial charge in [-0.25, -0.2) is 4.39 Å². The molecule has 0 radical (unpaired) electrons. The van der Waals surface area contributed by atoms with Crippen LogP contribution in [-0.4, -0.2) is 41.9 Å². The van der Waals surface area contributed by atoms with Gasteiger partial charge in [0.25, 0.3) is 0 Å². The molecule has 0 bridgehead atoms. The van der Waals surface area contributed by atoms with Crippen molar-refractivity contribution in [3.63, 3.8) is 0 Å². The summed E-state index contributed by atoms with van der Waals surface area (Å²) < 4.78 is 13.1. The van der Waals surface area contributed by atoms with Crippen LogP contribution in [-0.2, 0) is 24.4 Å². The van der Waals surface area contributed by atoms with E-state index in [4.69, 9.17) is 0 Å². The zero-order valence-electron chi connectivity index (χ0n) is 18.4. The lowest BCUT2D eigenvalue weighted by atomic mass is 9.96. The van der Waals surface area contributed by atoms with E-state index in [-0.39, 0.29) is 17.6 Å². The Labute approximate surface area is 185 Å². The number of amides is 1. The molecule has 2 saturated heterocycles. The molecule has 2 aromatic rings. The lowest BCUT2D eigenvalue weighted by molar-refractivity contribution is -0.126. The van der Waals surface area contributed by atoms with Gasteiger partial charge in [-0.1, -0.05) is 42.8 Å². The minimum Gasteiger partial charge on any atom is -0.352 e. The van der Waals surface area contributed by atoms with E-state index in [0.717, 1.165) is 44.6 Å². The SMILES string of the molecule is O=C(NCc1cccc(CN2CCCCC2)c1)C1CCCN(Cc2ccc(F)cc2)C1. The second kappa shape index (κ2) is 10.9. The Morgan fingerprint density at radius 1 is 0.871 bits per heavy atom. The summed E-state index contributed by atoms with van der Waals surface area (Å²) in [5, 5.41) is 3.16. The van der Waals surface area contributed by atoms with Crippen molar-refractivity contribution in [2.24, 2.45) is 5.92 Å². The van der Waals surface area contributed by atoms with E-state index in [1.54, 1.807) is 0 Å². The summed E-state index contributed by atoms with van der Waals surface area (Å²) in [5.74, 6) is -0.0457. The topological polar surface area (TPSA) is 35.6 Å². The third-order valence-electron chi connectivity index (χ3n) is 6.51. The molecule has 1 N–H and O–H groups in total. The maximum Gasteiger partial charge on any atom is 0.224 e. The van der Waals surface area contributed by atoms with Gasteiger partial charge in [-0.3, -0.25) is 14.6 Å². The molecule has 0 aromatic heterocycles. The van der Waals surface area contributed by atoms with Gasteiger partial charge in [0.1, 0.15) is 5.82 Å². The van der Waals surface area contributed by atoms with Gasteiger partial charge < -0.3 is 5.32 Å². The summed E-state index contributed by atoms with van der Waals surface area (Å²) in [4.78, 5) is 17.7. The molecule has 31 heavy (non-hydrogen) atoms. The Hall–Kier alpha value is -2.24. The van der Waals surface area contributed by atoms with Gasteiger partial charge in [-0.15, -0.1) is 0 Å². The van der Waals surface area contributed by atoms with Crippen molar-refractivity contribution in [2.75, 3.05) is 26.2 Å². The smallest absolute Gasteiger partial charge is 0.224 e. The van der Waals surface area contributed by atoms with Crippen molar-refractivity contribution in [2.45, 2.75) is 51.7 Å². The summed E-state index contributed by atoms with van der Waals surface area (Å²) in [5.41, 5.74) is 3.59. The molecule has 2 heterocycles. The first-order chi connectivity index (χ1) is 15.2. The fourth-order valence-electron chi connectivity index (χ4n) is 4.81. The fraction of sp³-hybridized carbons (Fsp3) is 0.500. The van der Waals surface area contributed by atoms with E-state index >= 15 is 0 Å². The Morgan fingerprint density at radius 2 is 1.58 bits per heavy atom. The summed E-state index contributed by atoms with van der Waals surface area (Å²) >= 11 is 0. The largest absolute Gasteiger partial charge is 0.352 e. The maximum absolute atomic E-state index is 13.1. The molecular formula is C26H34FN3O. The van der Waals surface area contributed by atoms with Crippen LogP contribution >= 0.6 is 0 Å². The molecule has 1 unspecified atom stereocenters. The van der Waals surface area contributed by atoms with E-state index in [0.29, 0.717) is 6.54 Å². The molecule has 1 atom stereocenters. The minimum atomic E-state index is -0.209. The highest BCUT2D eigenvalue weighted by atomic mass is 19.1. The first-order valence-corrected chi connectivity index (χ1v) is 11.7. The number of rotatable bonds is 7. The molecule has 4 rings (SSSR count). The number of carbonyl (C=O) groups is 1. The lowest BCUT2D eigenvalue weighted by Gasteiger charge is -2.32. The number of piperidine rings is 2. The first-order valence-electron chi connectivity index (χ1n) is 11.7. The standard InChI is InChI=1S/C26H34FN3O/c27-25-11-9-21(10-12-25)18-30-15-5-8-24(20-30)26(31)28-17-22-6-4-7-23(16-22)19-29-13-2-1-3-14-29/h4,6-7,9-12,16,24H,1-3,5,8,13-15,17-20H2,(H,28,31). The van der Waals surface area contributed by atoms with Crippen LogP contribution in [0.3, 0.4) is 0 Å². The highest BCUT2D eigenvalue weighted by Crippen LogP contribution is 2.20. The van der Waals surface area contributed by atoms with E-state index < -0.39 is 0 Å². The first kappa shape index (κ1) is 22.0. The van der Waals surface area contributed by atoms with E-state index in [2.05, 4.69) is 39.4 Å². The average Bonchev–Trinajstić information content (AvgIpc) is 2.80. The zero-order chi connectivity index (χ0) is 21.5. The molecule has 1 amide bonds. The Balaban J connectivity index is 1.26. The van der Waals surface area contributed by atoms with E-state index in [1.165, 1.54) is 55.6 Å². The molecule has 2 fully saturated rings. The number of benzene rings is 2. The van der Waals surface area contributed by atoms with Gasteiger partial charge in [0.05, 0.1) is 5.92 Å². The second-order valence-corrected chi connectivity index (χ2v) is 9.08. The van der Waals surface area contributed by atoms with E-state index in [9.17, 15) is 9.18 Å². The van der Waals surface area contributed by atoms with Crippen molar-refractivity contribution in [1.29, 1.82) is 0 Å². The van der Waals surface area contributed by atoms with Crippen LogP contribution in [0.1, 0.15) is 48.8 Å². The molecule has 0 saturated carbocycles. The summed E-state index contributed by atoms with van der Waals surface area (Å²) in [7, 11) is 0. The summed E-state index contributed by atoms with van der Waals surface area (Å²) in [6.07, 6.45) is 5.90. The number of hydrogen-bond donors (Lipinski definition) is 1. The number of hydrogen-bond acceptors (Lipinski definition) is 3. The van der Waals surface area contributed by atoms with Crippen LogP contribution in [0.5, 0.6) is 0 Å². The monoisotopic (exact) mass is 423 g/mol. The van der Waals surface area contributed by atoms with Crippen molar-refractivity contribution in [3.8, 4) is 0 Å². The van der Waals surface area contributed by atoms with Crippen molar-refractivity contribution in [3.05, 3.63) is 71.0 Å². The van der Waals surface area contributed by atoms with Gasteiger partial charge in [-0.2, -0.15) is 0 Å². The van der Waals surface area contributed by atoms with Gasteiger partial charge in [-0.05, 0) is 74.1 Å². The number of nitrogens with one attached hydrogen (secondary N) is 1. The average molecular weight is 424 g/mol. The van der Waals surface area contributed by atoms with Crippen LogP contribution in [0.2, 0.25) is 0 Å². The molecular weight excluding hydrogens is 389 g/mol. The molecule has 4 nitrogen and oxygen atoms in total. The normalized spacial score (nSPS) is 20.5. The predicted molar refractivity (Wildman–Crippen MR) is 122 cm³/mol. The van der Waals surface area contributed by atoms with E-state index in [1.807, 2.05) is 12.1 Å². The van der Waals surface area contributed by atoms with Gasteiger partial charge in [0.15, 0.2) is 0 Å². The number of likely N-dealkylation sites (tertiary alicyclic amines) is 2. The number of nitrogens with zero attached hydrogens (tertiary/aromatic N) is 2. The number of carbonyl (C=O) groups excluding carboxylic acids is 1. The highest BCUT2D eigenvalue weighted by molar-refractivity contribution is 5.79. The molecule has 2 aliphatic heterocycles. The summed E-state index contributed by atoms with van der Waals surface area (Å²) in [6.45, 7) is 6.48. The Bertz CT molecular complexity index is 848. The minimum absolute atomic E-state index is 0.0192. The van der Waals surface area contributed by atoms with Crippen LogP contribution < -0.4 is 5.32 Å². The lowest BCUT2D eigenvalue weighted by Crippen LogP contribution is -2.42. The molecule has 2 aromatic carbocycles. The number of halogens is 1. The van der Waals surface area contributed by atoms with Crippen LogP contribution in [0.25, 0.3) is 0 Å². The Morgan fingerprint density at radius 3 is 2.39 bits per heavy atom. The fourth-order valence-corrected chi connectivity index (χ4v) is 4.81. The van der Waals surface area contributed by atoms with Crippen molar-refractivity contribution >= 4 is 5.91 Å². The summed E-state index contributed by atoms with van der Waals surface area (Å²) in [6, 6.07) is 15.3. The molecule has 0 spiro atoms.